The lowest BCUT2D eigenvalue weighted by molar-refractivity contribution is 0.00940. The monoisotopic (exact) mass is 297 g/mol. The molecule has 1 fully saturated rings. The van der Waals surface area contributed by atoms with Gasteiger partial charge in [0.1, 0.15) is 0 Å². The molecule has 0 amide bonds. The van der Waals surface area contributed by atoms with Crippen molar-refractivity contribution >= 4 is 10.0 Å². The maximum atomic E-state index is 12.6. The number of hydrogen-bond donors (Lipinski definition) is 1. The van der Waals surface area contributed by atoms with Crippen LogP contribution in [-0.4, -0.2) is 36.5 Å². The second-order valence-electron chi connectivity index (χ2n) is 6.16. The molecule has 20 heavy (non-hydrogen) atoms. The van der Waals surface area contributed by atoms with E-state index in [4.69, 9.17) is 0 Å². The van der Waals surface area contributed by atoms with Gasteiger partial charge in [0.05, 0.1) is 10.5 Å². The van der Waals surface area contributed by atoms with Gasteiger partial charge in [-0.05, 0) is 43.4 Å². The molecule has 1 heterocycles. The average molecular weight is 297 g/mol. The SMILES string of the molecule is CC(C)c1ccc(S(=O)(=O)N2CCCC(C)(O)C2)cc1. The Morgan fingerprint density at radius 3 is 2.35 bits per heavy atom. The minimum atomic E-state index is -3.50. The molecule has 1 aliphatic rings. The molecule has 1 aliphatic heterocycles. The number of benzene rings is 1. The number of piperidine rings is 1. The van der Waals surface area contributed by atoms with Gasteiger partial charge >= 0.3 is 0 Å². The van der Waals surface area contributed by atoms with E-state index in [1.165, 1.54) is 4.31 Å². The number of β-amino-alcohol motifs (C(OH)–C–C–N with tert-alkyl or cyclic N) is 1. The van der Waals surface area contributed by atoms with Gasteiger partial charge in [0.2, 0.25) is 10.0 Å². The summed E-state index contributed by atoms with van der Waals surface area (Å²) in [6, 6.07) is 7.04. The first-order valence-electron chi connectivity index (χ1n) is 7.05. The molecule has 5 heteroatoms. The van der Waals surface area contributed by atoms with Gasteiger partial charge in [0.15, 0.2) is 0 Å². The zero-order chi connectivity index (χ0) is 15.0. The molecule has 1 unspecified atom stereocenters. The van der Waals surface area contributed by atoms with E-state index in [1.807, 2.05) is 12.1 Å². The topological polar surface area (TPSA) is 57.6 Å². The van der Waals surface area contributed by atoms with Crippen LogP contribution < -0.4 is 0 Å². The zero-order valence-corrected chi connectivity index (χ0v) is 13.2. The molecule has 1 aromatic carbocycles. The summed E-state index contributed by atoms with van der Waals surface area (Å²) in [4.78, 5) is 0.305. The minimum Gasteiger partial charge on any atom is -0.389 e. The van der Waals surface area contributed by atoms with Crippen molar-refractivity contribution in [1.82, 2.24) is 4.31 Å². The van der Waals surface area contributed by atoms with Gasteiger partial charge in [0.25, 0.3) is 0 Å². The molecule has 0 spiro atoms. The molecule has 0 aliphatic carbocycles. The maximum absolute atomic E-state index is 12.6. The van der Waals surface area contributed by atoms with Crippen LogP contribution >= 0.6 is 0 Å². The summed E-state index contributed by atoms with van der Waals surface area (Å²) in [5.74, 6) is 0.377. The predicted octanol–water partition coefficient (Wildman–Crippen LogP) is 2.35. The van der Waals surface area contributed by atoms with Crippen LogP contribution in [-0.2, 0) is 10.0 Å². The van der Waals surface area contributed by atoms with Gasteiger partial charge in [-0.15, -0.1) is 0 Å². The fourth-order valence-electron chi connectivity index (χ4n) is 2.55. The van der Waals surface area contributed by atoms with Gasteiger partial charge in [-0.2, -0.15) is 4.31 Å². The maximum Gasteiger partial charge on any atom is 0.243 e. The van der Waals surface area contributed by atoms with Crippen LogP contribution in [0.1, 0.15) is 45.1 Å². The van der Waals surface area contributed by atoms with Crippen LogP contribution in [0.2, 0.25) is 0 Å². The number of rotatable bonds is 3. The van der Waals surface area contributed by atoms with Gasteiger partial charge in [-0.25, -0.2) is 8.42 Å². The Hall–Kier alpha value is -0.910. The number of nitrogens with zero attached hydrogens (tertiary/aromatic N) is 1. The highest BCUT2D eigenvalue weighted by molar-refractivity contribution is 7.89. The molecule has 1 atom stereocenters. The summed E-state index contributed by atoms with van der Waals surface area (Å²) >= 11 is 0. The molecule has 0 aromatic heterocycles. The van der Waals surface area contributed by atoms with Crippen LogP contribution in [0.15, 0.2) is 29.2 Å². The average Bonchev–Trinajstić information content (AvgIpc) is 2.37. The first kappa shape index (κ1) is 15.5. The Morgan fingerprint density at radius 1 is 1.25 bits per heavy atom. The summed E-state index contributed by atoms with van der Waals surface area (Å²) in [6.07, 6.45) is 1.33. The first-order valence-corrected chi connectivity index (χ1v) is 8.49. The van der Waals surface area contributed by atoms with Crippen LogP contribution in [0.3, 0.4) is 0 Å². The van der Waals surface area contributed by atoms with E-state index in [0.717, 1.165) is 5.56 Å². The predicted molar refractivity (Wildman–Crippen MR) is 79.1 cm³/mol. The van der Waals surface area contributed by atoms with E-state index < -0.39 is 15.6 Å². The second-order valence-corrected chi connectivity index (χ2v) is 8.10. The lowest BCUT2D eigenvalue weighted by Gasteiger charge is -2.35. The van der Waals surface area contributed by atoms with Gasteiger partial charge < -0.3 is 5.11 Å². The van der Waals surface area contributed by atoms with Crippen molar-refractivity contribution in [1.29, 1.82) is 0 Å². The Labute approximate surface area is 121 Å². The zero-order valence-electron chi connectivity index (χ0n) is 12.3. The van der Waals surface area contributed by atoms with E-state index in [1.54, 1.807) is 19.1 Å². The Bertz CT molecular complexity index is 561. The molecule has 0 bridgehead atoms. The van der Waals surface area contributed by atoms with Crippen molar-refractivity contribution < 1.29 is 13.5 Å². The fourth-order valence-corrected chi connectivity index (χ4v) is 4.15. The molecule has 1 saturated heterocycles. The van der Waals surface area contributed by atoms with Crippen molar-refractivity contribution in [3.63, 3.8) is 0 Å². The third-order valence-corrected chi connectivity index (χ3v) is 5.68. The number of aliphatic hydroxyl groups is 1. The van der Waals surface area contributed by atoms with Gasteiger partial charge in [0, 0.05) is 13.1 Å². The Morgan fingerprint density at radius 2 is 1.85 bits per heavy atom. The Balaban J connectivity index is 2.26. The lowest BCUT2D eigenvalue weighted by atomic mass is 9.97. The van der Waals surface area contributed by atoms with E-state index in [2.05, 4.69) is 13.8 Å². The van der Waals surface area contributed by atoms with Crippen molar-refractivity contribution in [2.24, 2.45) is 0 Å². The summed E-state index contributed by atoms with van der Waals surface area (Å²) in [7, 11) is -3.50. The smallest absolute Gasteiger partial charge is 0.243 e. The van der Waals surface area contributed by atoms with Crippen LogP contribution in [0, 0.1) is 0 Å². The van der Waals surface area contributed by atoms with Crippen molar-refractivity contribution in [2.45, 2.75) is 50.0 Å². The molecule has 1 N–H and O–H groups in total. The van der Waals surface area contributed by atoms with Crippen LogP contribution in [0.4, 0.5) is 0 Å². The van der Waals surface area contributed by atoms with E-state index in [0.29, 0.717) is 30.2 Å². The summed E-state index contributed by atoms with van der Waals surface area (Å²) < 4.78 is 26.5. The van der Waals surface area contributed by atoms with Gasteiger partial charge in [-0.3, -0.25) is 0 Å². The quantitative estimate of drug-likeness (QED) is 0.931. The highest BCUT2D eigenvalue weighted by atomic mass is 32.2. The highest BCUT2D eigenvalue weighted by Gasteiger charge is 2.35. The standard InChI is InChI=1S/C15H23NO3S/c1-12(2)13-5-7-14(8-6-13)20(18,19)16-10-4-9-15(3,17)11-16/h5-8,12,17H,4,9-11H2,1-3H3. The first-order chi connectivity index (χ1) is 9.22. The van der Waals surface area contributed by atoms with E-state index in [9.17, 15) is 13.5 Å². The summed E-state index contributed by atoms with van der Waals surface area (Å²) in [5.41, 5.74) is 0.193. The molecule has 112 valence electrons. The third kappa shape index (κ3) is 3.22. The molecular weight excluding hydrogens is 274 g/mol. The highest BCUT2D eigenvalue weighted by Crippen LogP contribution is 2.26. The normalized spacial score (nSPS) is 25.1. The van der Waals surface area contributed by atoms with Crippen molar-refractivity contribution in [2.75, 3.05) is 13.1 Å². The number of sulfonamides is 1. The Kier molecular flexibility index (Phi) is 4.23. The van der Waals surface area contributed by atoms with E-state index >= 15 is 0 Å². The molecule has 0 radical (unpaired) electrons. The third-order valence-electron chi connectivity index (χ3n) is 3.82. The molecule has 1 aromatic rings. The molecule has 4 nitrogen and oxygen atoms in total. The summed E-state index contributed by atoms with van der Waals surface area (Å²) in [5, 5.41) is 10.1. The van der Waals surface area contributed by atoms with E-state index in [-0.39, 0.29) is 6.54 Å². The largest absolute Gasteiger partial charge is 0.389 e. The van der Waals surface area contributed by atoms with Crippen LogP contribution in [0.25, 0.3) is 0 Å². The minimum absolute atomic E-state index is 0.168. The second kappa shape index (κ2) is 5.47. The molecule has 0 saturated carbocycles. The van der Waals surface area contributed by atoms with Crippen molar-refractivity contribution in [3.05, 3.63) is 29.8 Å². The molecular formula is C15H23NO3S. The van der Waals surface area contributed by atoms with Crippen molar-refractivity contribution in [3.8, 4) is 0 Å². The number of hydrogen-bond acceptors (Lipinski definition) is 3. The molecule has 2 rings (SSSR count). The van der Waals surface area contributed by atoms with Crippen LogP contribution in [0.5, 0.6) is 0 Å². The lowest BCUT2D eigenvalue weighted by Crippen LogP contribution is -2.48. The fraction of sp³-hybridized carbons (Fsp3) is 0.600. The summed E-state index contributed by atoms with van der Waals surface area (Å²) in [6.45, 7) is 6.49. The van der Waals surface area contributed by atoms with Gasteiger partial charge in [-0.1, -0.05) is 26.0 Å².